The van der Waals surface area contributed by atoms with E-state index < -0.39 is 5.97 Å². The molecule has 5 heteroatoms. The van der Waals surface area contributed by atoms with Gasteiger partial charge in [0.2, 0.25) is 0 Å². The van der Waals surface area contributed by atoms with Crippen molar-refractivity contribution in [3.8, 4) is 5.75 Å². The van der Waals surface area contributed by atoms with Gasteiger partial charge in [-0.1, -0.05) is 18.2 Å². The number of carboxylic acid groups (broad SMARTS) is 1. The van der Waals surface area contributed by atoms with Crippen LogP contribution in [0.15, 0.2) is 24.3 Å². The first-order chi connectivity index (χ1) is 10.2. The summed E-state index contributed by atoms with van der Waals surface area (Å²) in [5.41, 5.74) is 1.06. The van der Waals surface area contributed by atoms with E-state index in [0.29, 0.717) is 13.0 Å². The molecule has 0 bridgehead atoms. The second-order valence-electron chi connectivity index (χ2n) is 5.70. The van der Waals surface area contributed by atoms with E-state index in [4.69, 9.17) is 14.6 Å². The lowest BCUT2D eigenvalue weighted by atomic mass is 9.99. The van der Waals surface area contributed by atoms with Crippen molar-refractivity contribution < 1.29 is 19.4 Å². The standard InChI is InChI=1S/C16H21NO4/c18-16(19)11-9-14(17-10-11)13-3-1-2-4-15(13)21-12-5-7-20-8-6-12/h1-4,11-12,14,17H,5-10H2,(H,18,19). The zero-order chi connectivity index (χ0) is 14.7. The van der Waals surface area contributed by atoms with Gasteiger partial charge in [0.15, 0.2) is 0 Å². The summed E-state index contributed by atoms with van der Waals surface area (Å²) >= 11 is 0. The normalized spacial score (nSPS) is 26.7. The smallest absolute Gasteiger partial charge is 0.307 e. The van der Waals surface area contributed by atoms with E-state index in [-0.39, 0.29) is 18.1 Å². The Balaban J connectivity index is 1.72. The van der Waals surface area contributed by atoms with E-state index in [1.165, 1.54) is 0 Å². The molecule has 2 saturated heterocycles. The molecule has 0 saturated carbocycles. The maximum Gasteiger partial charge on any atom is 0.307 e. The lowest BCUT2D eigenvalue weighted by molar-refractivity contribution is -0.141. The molecule has 114 valence electrons. The molecular weight excluding hydrogens is 270 g/mol. The number of benzene rings is 1. The molecule has 21 heavy (non-hydrogen) atoms. The van der Waals surface area contributed by atoms with Gasteiger partial charge in [0.05, 0.1) is 19.1 Å². The third-order valence-corrected chi connectivity index (χ3v) is 4.24. The van der Waals surface area contributed by atoms with Crippen molar-refractivity contribution in [2.24, 2.45) is 5.92 Å². The average Bonchev–Trinajstić information content (AvgIpc) is 2.99. The maximum atomic E-state index is 11.1. The van der Waals surface area contributed by atoms with Crippen LogP contribution in [0.3, 0.4) is 0 Å². The Morgan fingerprint density at radius 3 is 2.76 bits per heavy atom. The molecule has 2 fully saturated rings. The van der Waals surface area contributed by atoms with Gasteiger partial charge in [0.1, 0.15) is 11.9 Å². The molecule has 1 aromatic carbocycles. The lowest BCUT2D eigenvalue weighted by Crippen LogP contribution is -2.26. The number of aliphatic carboxylic acids is 1. The Kier molecular flexibility index (Phi) is 4.41. The second-order valence-corrected chi connectivity index (χ2v) is 5.70. The minimum Gasteiger partial charge on any atom is -0.490 e. The number of nitrogens with one attached hydrogen (secondary N) is 1. The van der Waals surface area contributed by atoms with Crippen LogP contribution in [-0.4, -0.2) is 36.9 Å². The summed E-state index contributed by atoms with van der Waals surface area (Å²) in [4.78, 5) is 11.1. The van der Waals surface area contributed by atoms with Crippen LogP contribution < -0.4 is 10.1 Å². The van der Waals surface area contributed by atoms with Gasteiger partial charge in [0.25, 0.3) is 0 Å². The van der Waals surface area contributed by atoms with Crippen molar-refractivity contribution in [2.45, 2.75) is 31.4 Å². The molecule has 2 heterocycles. The first-order valence-corrected chi connectivity index (χ1v) is 7.53. The predicted octanol–water partition coefficient (Wildman–Crippen LogP) is 1.98. The number of hydrogen-bond acceptors (Lipinski definition) is 4. The van der Waals surface area contributed by atoms with Crippen LogP contribution in [0.1, 0.15) is 30.9 Å². The summed E-state index contributed by atoms with van der Waals surface area (Å²) in [6, 6.07) is 7.99. The van der Waals surface area contributed by atoms with E-state index in [1.807, 2.05) is 24.3 Å². The second kappa shape index (κ2) is 6.45. The molecule has 2 N–H and O–H groups in total. The van der Waals surface area contributed by atoms with Gasteiger partial charge in [0, 0.05) is 31.0 Å². The molecule has 3 rings (SSSR count). The van der Waals surface area contributed by atoms with Crippen LogP contribution in [0, 0.1) is 5.92 Å². The van der Waals surface area contributed by atoms with E-state index in [1.54, 1.807) is 0 Å². The minimum absolute atomic E-state index is 0.0575. The SMILES string of the molecule is O=C(O)C1CNC(c2ccccc2OC2CCOCC2)C1. The summed E-state index contributed by atoms with van der Waals surface area (Å²) < 4.78 is 11.5. The molecule has 0 aromatic heterocycles. The van der Waals surface area contributed by atoms with Crippen molar-refractivity contribution in [3.63, 3.8) is 0 Å². The van der Waals surface area contributed by atoms with Crippen LogP contribution in [0.25, 0.3) is 0 Å². The van der Waals surface area contributed by atoms with Crippen molar-refractivity contribution in [1.29, 1.82) is 0 Å². The van der Waals surface area contributed by atoms with Crippen molar-refractivity contribution in [3.05, 3.63) is 29.8 Å². The Labute approximate surface area is 124 Å². The van der Waals surface area contributed by atoms with Gasteiger partial charge in [-0.2, -0.15) is 0 Å². The summed E-state index contributed by atoms with van der Waals surface area (Å²) in [6.45, 7) is 2.01. The number of carbonyl (C=O) groups is 1. The predicted molar refractivity (Wildman–Crippen MR) is 77.4 cm³/mol. The average molecular weight is 291 g/mol. The Hall–Kier alpha value is -1.59. The van der Waals surface area contributed by atoms with Crippen molar-refractivity contribution in [2.75, 3.05) is 19.8 Å². The third-order valence-electron chi connectivity index (χ3n) is 4.24. The quantitative estimate of drug-likeness (QED) is 0.888. The molecule has 0 radical (unpaired) electrons. The van der Waals surface area contributed by atoms with E-state index >= 15 is 0 Å². The molecule has 1 aromatic rings. The first-order valence-electron chi connectivity index (χ1n) is 7.53. The maximum absolute atomic E-state index is 11.1. The summed E-state index contributed by atoms with van der Waals surface area (Å²) in [7, 11) is 0. The van der Waals surface area contributed by atoms with Gasteiger partial charge in [-0.3, -0.25) is 4.79 Å². The lowest BCUT2D eigenvalue weighted by Gasteiger charge is -2.25. The summed E-state index contributed by atoms with van der Waals surface area (Å²) in [5.74, 6) is -0.174. The summed E-state index contributed by atoms with van der Waals surface area (Å²) in [6.07, 6.45) is 2.62. The molecule has 2 atom stereocenters. The van der Waals surface area contributed by atoms with Gasteiger partial charge in [-0.25, -0.2) is 0 Å². The van der Waals surface area contributed by atoms with Crippen LogP contribution in [0.5, 0.6) is 5.75 Å². The fraction of sp³-hybridized carbons (Fsp3) is 0.562. The summed E-state index contributed by atoms with van der Waals surface area (Å²) in [5, 5.41) is 12.4. The molecule has 2 unspecified atom stereocenters. The fourth-order valence-electron chi connectivity index (χ4n) is 3.01. The van der Waals surface area contributed by atoms with Gasteiger partial charge >= 0.3 is 5.97 Å². The molecular formula is C16H21NO4. The van der Waals surface area contributed by atoms with Gasteiger partial charge in [-0.05, 0) is 12.5 Å². The molecule has 0 spiro atoms. The Morgan fingerprint density at radius 2 is 2.05 bits per heavy atom. The highest BCUT2D eigenvalue weighted by Crippen LogP contribution is 2.34. The van der Waals surface area contributed by atoms with E-state index in [0.717, 1.165) is 37.4 Å². The Morgan fingerprint density at radius 1 is 1.29 bits per heavy atom. The third kappa shape index (κ3) is 3.36. The largest absolute Gasteiger partial charge is 0.490 e. The Bertz CT molecular complexity index is 499. The van der Waals surface area contributed by atoms with Gasteiger partial charge < -0.3 is 19.9 Å². The highest BCUT2D eigenvalue weighted by molar-refractivity contribution is 5.71. The minimum atomic E-state index is -0.729. The first kappa shape index (κ1) is 14.4. The highest BCUT2D eigenvalue weighted by Gasteiger charge is 2.31. The monoisotopic (exact) mass is 291 g/mol. The topological polar surface area (TPSA) is 67.8 Å². The van der Waals surface area contributed by atoms with Gasteiger partial charge in [-0.15, -0.1) is 0 Å². The molecule has 5 nitrogen and oxygen atoms in total. The fourth-order valence-corrected chi connectivity index (χ4v) is 3.01. The van der Waals surface area contributed by atoms with E-state index in [2.05, 4.69) is 5.32 Å². The van der Waals surface area contributed by atoms with Crippen LogP contribution in [0.2, 0.25) is 0 Å². The number of ether oxygens (including phenoxy) is 2. The van der Waals surface area contributed by atoms with Crippen molar-refractivity contribution >= 4 is 5.97 Å². The number of carboxylic acids is 1. The zero-order valence-corrected chi connectivity index (χ0v) is 12.0. The number of hydrogen-bond donors (Lipinski definition) is 2. The van der Waals surface area contributed by atoms with Crippen LogP contribution >= 0.6 is 0 Å². The van der Waals surface area contributed by atoms with Crippen molar-refractivity contribution in [1.82, 2.24) is 5.32 Å². The van der Waals surface area contributed by atoms with Crippen LogP contribution in [0.4, 0.5) is 0 Å². The number of rotatable bonds is 4. The van der Waals surface area contributed by atoms with E-state index in [9.17, 15) is 4.79 Å². The zero-order valence-electron chi connectivity index (χ0n) is 12.0. The molecule has 2 aliphatic rings. The highest BCUT2D eigenvalue weighted by atomic mass is 16.5. The number of para-hydroxylation sites is 1. The molecule has 0 amide bonds. The molecule has 2 aliphatic heterocycles. The van der Waals surface area contributed by atoms with Crippen LogP contribution in [-0.2, 0) is 9.53 Å². The molecule has 0 aliphatic carbocycles.